The van der Waals surface area contributed by atoms with Crippen molar-refractivity contribution in [3.05, 3.63) is 119 Å². The first kappa shape index (κ1) is 21.8. The van der Waals surface area contributed by atoms with Crippen molar-refractivity contribution in [1.82, 2.24) is 5.32 Å². The number of carbonyl (C=O) groups excluding carboxylic acids is 1. The summed E-state index contributed by atoms with van der Waals surface area (Å²) in [6.07, 6.45) is 2.45. The molecule has 0 fully saturated rings. The van der Waals surface area contributed by atoms with E-state index in [2.05, 4.69) is 5.32 Å². The highest BCUT2D eigenvalue weighted by molar-refractivity contribution is 5.99. The zero-order valence-electron chi connectivity index (χ0n) is 17.9. The van der Waals surface area contributed by atoms with Crippen LogP contribution in [0.25, 0.3) is 16.8 Å². The highest BCUT2D eigenvalue weighted by Crippen LogP contribution is 2.20. The van der Waals surface area contributed by atoms with Crippen LogP contribution in [0.5, 0.6) is 5.75 Å². The van der Waals surface area contributed by atoms with Crippen LogP contribution in [0.4, 0.5) is 0 Å². The fourth-order valence-electron chi connectivity index (χ4n) is 3.60. The van der Waals surface area contributed by atoms with Crippen LogP contribution >= 0.6 is 0 Å². The van der Waals surface area contributed by atoms with E-state index in [9.17, 15) is 9.59 Å². The van der Waals surface area contributed by atoms with Crippen molar-refractivity contribution >= 4 is 28.7 Å². The van der Waals surface area contributed by atoms with Gasteiger partial charge in [-0.05, 0) is 51.7 Å². The van der Waals surface area contributed by atoms with Gasteiger partial charge in [0.2, 0.25) is 0 Å². The number of carbonyl (C=O) groups is 2. The molecular weight excluding hydrogens is 414 g/mol. The van der Waals surface area contributed by atoms with Gasteiger partial charge in [0.15, 0.2) is 0 Å². The molecule has 4 rings (SSSR count). The van der Waals surface area contributed by atoms with Crippen molar-refractivity contribution < 1.29 is 19.4 Å². The SMILES string of the molecule is O=C(O)/C=C/c1ccc(COc2ccccc2)cc1C(=O)NCc1cccc2ccccc12. The Bertz CT molecular complexity index is 1310. The summed E-state index contributed by atoms with van der Waals surface area (Å²) in [6, 6.07) is 28.7. The Kier molecular flexibility index (Phi) is 6.81. The van der Waals surface area contributed by atoms with Crippen LogP contribution in [0.2, 0.25) is 0 Å². The molecule has 0 atom stereocenters. The average molecular weight is 437 g/mol. The summed E-state index contributed by atoms with van der Waals surface area (Å²) in [6.45, 7) is 0.642. The second-order valence-corrected chi connectivity index (χ2v) is 7.52. The maximum absolute atomic E-state index is 13.1. The van der Waals surface area contributed by atoms with Crippen molar-refractivity contribution in [3.8, 4) is 5.75 Å². The predicted octanol–water partition coefficient (Wildman–Crippen LogP) is 5.45. The highest BCUT2D eigenvalue weighted by atomic mass is 16.5. The van der Waals surface area contributed by atoms with Crippen LogP contribution in [-0.4, -0.2) is 17.0 Å². The zero-order chi connectivity index (χ0) is 23.0. The van der Waals surface area contributed by atoms with Gasteiger partial charge in [0.05, 0.1) is 0 Å². The molecule has 164 valence electrons. The minimum absolute atomic E-state index is 0.283. The molecule has 1 amide bonds. The van der Waals surface area contributed by atoms with Gasteiger partial charge >= 0.3 is 5.97 Å². The van der Waals surface area contributed by atoms with Crippen molar-refractivity contribution in [2.24, 2.45) is 0 Å². The molecule has 0 heterocycles. The van der Waals surface area contributed by atoms with Gasteiger partial charge in [-0.25, -0.2) is 4.79 Å². The molecule has 2 N–H and O–H groups in total. The molecule has 4 aromatic rings. The van der Waals surface area contributed by atoms with Gasteiger partial charge in [0.1, 0.15) is 12.4 Å². The van der Waals surface area contributed by atoms with E-state index in [0.717, 1.165) is 33.7 Å². The Labute approximate surface area is 192 Å². The molecule has 0 aromatic heterocycles. The second-order valence-electron chi connectivity index (χ2n) is 7.52. The topological polar surface area (TPSA) is 75.6 Å². The summed E-state index contributed by atoms with van der Waals surface area (Å²) >= 11 is 0. The number of nitrogens with one attached hydrogen (secondary N) is 1. The van der Waals surface area contributed by atoms with Gasteiger partial charge < -0.3 is 15.2 Å². The number of aliphatic carboxylic acids is 1. The van der Waals surface area contributed by atoms with Gasteiger partial charge in [-0.2, -0.15) is 0 Å². The van der Waals surface area contributed by atoms with E-state index in [1.165, 1.54) is 6.08 Å². The Morgan fingerprint density at radius 2 is 1.64 bits per heavy atom. The molecule has 0 aliphatic heterocycles. The predicted molar refractivity (Wildman–Crippen MR) is 129 cm³/mol. The van der Waals surface area contributed by atoms with Crippen LogP contribution < -0.4 is 10.1 Å². The third-order valence-corrected chi connectivity index (χ3v) is 5.24. The maximum atomic E-state index is 13.1. The molecule has 0 saturated carbocycles. The van der Waals surface area contributed by atoms with Crippen LogP contribution in [0.15, 0.2) is 97.1 Å². The Balaban J connectivity index is 1.55. The Morgan fingerprint density at radius 3 is 2.45 bits per heavy atom. The number of fused-ring (bicyclic) bond motifs is 1. The lowest BCUT2D eigenvalue weighted by atomic mass is 10.0. The molecule has 0 bridgehead atoms. The van der Waals surface area contributed by atoms with Crippen molar-refractivity contribution in [2.75, 3.05) is 0 Å². The minimum Gasteiger partial charge on any atom is -0.489 e. The van der Waals surface area contributed by atoms with E-state index in [-0.39, 0.29) is 12.5 Å². The standard InChI is InChI=1S/C28H23NO4/c30-27(31)16-15-22-14-13-20(19-33-24-10-2-1-3-11-24)17-26(22)28(32)29-18-23-9-6-8-21-7-4-5-12-25(21)23/h1-17H,18-19H2,(H,29,32)(H,30,31)/b16-15+. The van der Waals surface area contributed by atoms with Crippen LogP contribution in [-0.2, 0) is 17.9 Å². The molecule has 0 spiro atoms. The molecular formula is C28H23NO4. The normalized spacial score (nSPS) is 10.9. The molecule has 0 unspecified atom stereocenters. The summed E-state index contributed by atoms with van der Waals surface area (Å²) in [5, 5.41) is 14.2. The van der Waals surface area contributed by atoms with E-state index in [1.807, 2.05) is 78.9 Å². The number of benzene rings is 4. The third kappa shape index (κ3) is 5.66. The van der Waals surface area contributed by atoms with E-state index >= 15 is 0 Å². The van der Waals surface area contributed by atoms with Crippen LogP contribution in [0.3, 0.4) is 0 Å². The molecule has 33 heavy (non-hydrogen) atoms. The summed E-state index contributed by atoms with van der Waals surface area (Å²) in [5.41, 5.74) is 2.73. The average Bonchev–Trinajstić information content (AvgIpc) is 2.85. The first-order valence-corrected chi connectivity index (χ1v) is 10.6. The van der Waals surface area contributed by atoms with E-state index in [1.54, 1.807) is 12.1 Å². The second kappa shape index (κ2) is 10.3. The largest absolute Gasteiger partial charge is 0.489 e. The molecule has 5 nitrogen and oxygen atoms in total. The van der Waals surface area contributed by atoms with Gasteiger partial charge in [-0.15, -0.1) is 0 Å². The van der Waals surface area contributed by atoms with E-state index in [0.29, 0.717) is 17.7 Å². The summed E-state index contributed by atoms with van der Waals surface area (Å²) in [4.78, 5) is 24.1. The number of amides is 1. The summed E-state index contributed by atoms with van der Waals surface area (Å²) < 4.78 is 5.80. The fraction of sp³-hybridized carbons (Fsp3) is 0.0714. The lowest BCUT2D eigenvalue weighted by molar-refractivity contribution is -0.131. The fourth-order valence-corrected chi connectivity index (χ4v) is 3.60. The van der Waals surface area contributed by atoms with Crippen LogP contribution in [0, 0.1) is 0 Å². The van der Waals surface area contributed by atoms with Crippen molar-refractivity contribution in [3.63, 3.8) is 0 Å². The van der Waals surface area contributed by atoms with Gasteiger partial charge in [0.25, 0.3) is 5.91 Å². The molecule has 4 aromatic carbocycles. The highest BCUT2D eigenvalue weighted by Gasteiger charge is 2.12. The summed E-state index contributed by atoms with van der Waals surface area (Å²) in [7, 11) is 0. The number of hydrogen-bond acceptors (Lipinski definition) is 3. The van der Waals surface area contributed by atoms with Crippen molar-refractivity contribution in [1.29, 1.82) is 0 Å². The number of carboxylic acids is 1. The van der Waals surface area contributed by atoms with Gasteiger partial charge in [-0.1, -0.05) is 72.8 Å². The smallest absolute Gasteiger partial charge is 0.328 e. The number of carboxylic acid groups (broad SMARTS) is 1. The lowest BCUT2D eigenvalue weighted by Crippen LogP contribution is -2.24. The van der Waals surface area contributed by atoms with E-state index < -0.39 is 5.97 Å². The number of ether oxygens (including phenoxy) is 1. The summed E-state index contributed by atoms with van der Waals surface area (Å²) in [5.74, 6) is -0.627. The number of para-hydroxylation sites is 1. The Morgan fingerprint density at radius 1 is 0.879 bits per heavy atom. The quantitative estimate of drug-likeness (QED) is 0.360. The minimum atomic E-state index is -1.08. The number of rotatable bonds is 8. The Hall–Kier alpha value is -4.38. The molecule has 0 aliphatic rings. The lowest BCUT2D eigenvalue weighted by Gasteiger charge is -2.12. The maximum Gasteiger partial charge on any atom is 0.328 e. The molecule has 0 aliphatic carbocycles. The van der Waals surface area contributed by atoms with Crippen molar-refractivity contribution in [2.45, 2.75) is 13.2 Å². The van der Waals surface area contributed by atoms with Gasteiger partial charge in [-0.3, -0.25) is 4.79 Å². The van der Waals surface area contributed by atoms with Gasteiger partial charge in [0, 0.05) is 18.2 Å². The molecule has 0 radical (unpaired) electrons. The van der Waals surface area contributed by atoms with E-state index in [4.69, 9.17) is 9.84 Å². The first-order valence-electron chi connectivity index (χ1n) is 10.6. The zero-order valence-corrected chi connectivity index (χ0v) is 17.9. The first-order chi connectivity index (χ1) is 16.1. The monoisotopic (exact) mass is 437 g/mol. The van der Waals surface area contributed by atoms with Crippen LogP contribution in [0.1, 0.15) is 27.0 Å². The molecule has 5 heteroatoms. The third-order valence-electron chi connectivity index (χ3n) is 5.24. The molecule has 0 saturated heterocycles. The number of hydrogen-bond donors (Lipinski definition) is 2.